The van der Waals surface area contributed by atoms with E-state index in [2.05, 4.69) is 15.4 Å². The van der Waals surface area contributed by atoms with Crippen LogP contribution >= 0.6 is 0 Å². The van der Waals surface area contributed by atoms with Crippen LogP contribution in [0, 0.1) is 5.92 Å². The van der Waals surface area contributed by atoms with E-state index in [1.54, 1.807) is 15.9 Å². The molecule has 0 aliphatic carbocycles. The lowest BCUT2D eigenvalue weighted by Crippen LogP contribution is -2.28. The van der Waals surface area contributed by atoms with Crippen LogP contribution in [0.15, 0.2) is 67.3 Å². The van der Waals surface area contributed by atoms with Crippen LogP contribution in [0.4, 0.5) is 5.69 Å². The lowest BCUT2D eigenvalue weighted by atomic mass is 10.1. The van der Waals surface area contributed by atoms with Crippen LogP contribution in [0.2, 0.25) is 0 Å². The zero-order chi connectivity index (χ0) is 19.3. The third-order valence-corrected chi connectivity index (χ3v) is 4.83. The molecule has 1 aromatic heterocycles. The molecule has 0 radical (unpaired) electrons. The Labute approximate surface area is 163 Å². The van der Waals surface area contributed by atoms with Crippen LogP contribution in [0.25, 0.3) is 0 Å². The number of carbonyl (C=O) groups is 2. The fourth-order valence-electron chi connectivity index (χ4n) is 3.34. The first-order valence-corrected chi connectivity index (χ1v) is 9.21. The molecular weight excluding hydrogens is 354 g/mol. The van der Waals surface area contributed by atoms with Crippen molar-refractivity contribution in [3.05, 3.63) is 78.4 Å². The van der Waals surface area contributed by atoms with Gasteiger partial charge in [0, 0.05) is 25.2 Å². The minimum absolute atomic E-state index is 0.0205. The fraction of sp³-hybridized carbons (Fsp3) is 0.238. The summed E-state index contributed by atoms with van der Waals surface area (Å²) < 4.78 is 1.74. The van der Waals surface area contributed by atoms with Crippen molar-refractivity contribution in [2.24, 2.45) is 5.92 Å². The van der Waals surface area contributed by atoms with E-state index >= 15 is 0 Å². The quantitative estimate of drug-likeness (QED) is 0.717. The van der Waals surface area contributed by atoms with Crippen molar-refractivity contribution < 1.29 is 9.59 Å². The average molecular weight is 375 g/mol. The third-order valence-electron chi connectivity index (χ3n) is 4.83. The monoisotopic (exact) mass is 375 g/mol. The molecule has 2 heterocycles. The van der Waals surface area contributed by atoms with Gasteiger partial charge >= 0.3 is 0 Å². The van der Waals surface area contributed by atoms with E-state index < -0.39 is 0 Å². The molecule has 0 saturated carbocycles. The number of anilines is 1. The third kappa shape index (κ3) is 4.25. The van der Waals surface area contributed by atoms with Crippen molar-refractivity contribution in [3.8, 4) is 0 Å². The van der Waals surface area contributed by atoms with Crippen molar-refractivity contribution >= 4 is 17.5 Å². The van der Waals surface area contributed by atoms with E-state index in [0.29, 0.717) is 19.6 Å². The molecule has 1 fully saturated rings. The first-order chi connectivity index (χ1) is 13.7. The van der Waals surface area contributed by atoms with E-state index in [1.165, 1.54) is 6.33 Å². The average Bonchev–Trinajstić information content (AvgIpc) is 3.34. The Balaban J connectivity index is 1.33. The van der Waals surface area contributed by atoms with Crippen molar-refractivity contribution in [2.45, 2.75) is 19.5 Å². The second kappa shape index (κ2) is 8.04. The Morgan fingerprint density at radius 3 is 2.50 bits per heavy atom. The van der Waals surface area contributed by atoms with Gasteiger partial charge in [0.2, 0.25) is 11.8 Å². The molecule has 0 bridgehead atoms. The predicted octanol–water partition coefficient (Wildman–Crippen LogP) is 2.31. The maximum absolute atomic E-state index is 12.6. The normalized spacial score (nSPS) is 16.4. The van der Waals surface area contributed by atoms with Gasteiger partial charge in [-0.2, -0.15) is 5.10 Å². The first kappa shape index (κ1) is 17.9. The summed E-state index contributed by atoms with van der Waals surface area (Å²) in [5, 5.41) is 7.00. The van der Waals surface area contributed by atoms with Gasteiger partial charge in [0.1, 0.15) is 12.7 Å². The molecule has 2 amide bonds. The number of benzene rings is 2. The maximum atomic E-state index is 12.6. The van der Waals surface area contributed by atoms with Crippen molar-refractivity contribution in [1.82, 2.24) is 19.7 Å². The van der Waals surface area contributed by atoms with Crippen LogP contribution in [0.5, 0.6) is 0 Å². The lowest BCUT2D eigenvalue weighted by Gasteiger charge is -2.16. The number of nitrogens with one attached hydrogen (secondary N) is 1. The zero-order valence-corrected chi connectivity index (χ0v) is 15.4. The van der Waals surface area contributed by atoms with Gasteiger partial charge < -0.3 is 10.2 Å². The SMILES string of the molecule is O=C(Nc1ccc(Cn2cncn2)cc1)[C@H]1CC(=O)N(Cc2ccccc2)C1. The van der Waals surface area contributed by atoms with Crippen molar-refractivity contribution in [3.63, 3.8) is 0 Å². The summed E-state index contributed by atoms with van der Waals surface area (Å²) in [6.45, 7) is 1.62. The summed E-state index contributed by atoms with van der Waals surface area (Å²) in [6, 6.07) is 17.4. The standard InChI is InChI=1S/C21H21N5O2/c27-20-10-18(13-25(20)11-16-4-2-1-3-5-16)21(28)24-19-8-6-17(7-9-19)12-26-15-22-14-23-26/h1-9,14-15,18H,10-13H2,(H,24,28)/t18-/m0/s1. The molecule has 3 aromatic rings. The van der Waals surface area contributed by atoms with Gasteiger partial charge in [-0.05, 0) is 23.3 Å². The Kier molecular flexibility index (Phi) is 5.14. The van der Waals surface area contributed by atoms with Crippen molar-refractivity contribution in [1.29, 1.82) is 0 Å². The highest BCUT2D eigenvalue weighted by molar-refractivity contribution is 5.97. The van der Waals surface area contributed by atoms with E-state index in [4.69, 9.17) is 0 Å². The van der Waals surface area contributed by atoms with Gasteiger partial charge in [0.15, 0.2) is 0 Å². The van der Waals surface area contributed by atoms with Crippen molar-refractivity contribution in [2.75, 3.05) is 11.9 Å². The largest absolute Gasteiger partial charge is 0.338 e. The number of hydrogen-bond acceptors (Lipinski definition) is 4. The van der Waals surface area contributed by atoms with Gasteiger partial charge in [0.25, 0.3) is 0 Å². The highest BCUT2D eigenvalue weighted by Crippen LogP contribution is 2.22. The Morgan fingerprint density at radius 1 is 1.04 bits per heavy atom. The molecule has 142 valence electrons. The van der Waals surface area contributed by atoms with Crippen LogP contribution < -0.4 is 5.32 Å². The summed E-state index contributed by atoms with van der Waals surface area (Å²) in [4.78, 5) is 30.5. The van der Waals surface area contributed by atoms with Gasteiger partial charge in [-0.1, -0.05) is 42.5 Å². The molecule has 4 rings (SSSR count). The summed E-state index contributed by atoms with van der Waals surface area (Å²) in [6.07, 6.45) is 3.41. The number of hydrogen-bond donors (Lipinski definition) is 1. The first-order valence-electron chi connectivity index (χ1n) is 9.21. The molecule has 1 aliphatic heterocycles. The van der Waals surface area contributed by atoms with E-state index in [0.717, 1.165) is 16.8 Å². The number of amides is 2. The second-order valence-corrected chi connectivity index (χ2v) is 6.94. The Bertz CT molecular complexity index is 939. The molecule has 1 N–H and O–H groups in total. The van der Waals surface area contributed by atoms with Gasteiger partial charge in [0.05, 0.1) is 12.5 Å². The highest BCUT2D eigenvalue weighted by atomic mass is 16.2. The zero-order valence-electron chi connectivity index (χ0n) is 15.4. The second-order valence-electron chi connectivity index (χ2n) is 6.94. The Hall–Kier alpha value is -3.48. The molecule has 0 unspecified atom stereocenters. The molecule has 2 aromatic carbocycles. The molecule has 7 nitrogen and oxygen atoms in total. The van der Waals surface area contributed by atoms with Gasteiger partial charge in [-0.25, -0.2) is 9.67 Å². The fourth-order valence-corrected chi connectivity index (χ4v) is 3.34. The number of aromatic nitrogens is 3. The molecule has 7 heteroatoms. The smallest absolute Gasteiger partial charge is 0.229 e. The maximum Gasteiger partial charge on any atom is 0.229 e. The van der Waals surface area contributed by atoms with E-state index in [9.17, 15) is 9.59 Å². The molecule has 0 spiro atoms. The van der Waals surface area contributed by atoms with Crippen LogP contribution in [-0.2, 0) is 22.7 Å². The van der Waals surface area contributed by atoms with E-state index in [1.807, 2.05) is 54.6 Å². The molecule has 1 aliphatic rings. The number of carbonyl (C=O) groups excluding carboxylic acids is 2. The van der Waals surface area contributed by atoms with E-state index in [-0.39, 0.29) is 24.2 Å². The molecule has 28 heavy (non-hydrogen) atoms. The number of rotatable bonds is 6. The van der Waals surface area contributed by atoms with Crippen LogP contribution in [0.3, 0.4) is 0 Å². The number of nitrogens with zero attached hydrogens (tertiary/aromatic N) is 4. The van der Waals surface area contributed by atoms with Gasteiger partial charge in [-0.15, -0.1) is 0 Å². The Morgan fingerprint density at radius 2 is 1.79 bits per heavy atom. The van der Waals surface area contributed by atoms with Gasteiger partial charge in [-0.3, -0.25) is 9.59 Å². The summed E-state index contributed by atoms with van der Waals surface area (Å²) in [7, 11) is 0. The summed E-state index contributed by atoms with van der Waals surface area (Å²) in [5.41, 5.74) is 2.86. The van der Waals surface area contributed by atoms with Crippen LogP contribution in [-0.4, -0.2) is 38.0 Å². The van der Waals surface area contributed by atoms with Crippen LogP contribution in [0.1, 0.15) is 17.5 Å². The topological polar surface area (TPSA) is 80.1 Å². The minimum atomic E-state index is -0.328. The summed E-state index contributed by atoms with van der Waals surface area (Å²) in [5.74, 6) is -0.425. The number of likely N-dealkylation sites (tertiary alicyclic amines) is 1. The highest BCUT2D eigenvalue weighted by Gasteiger charge is 2.34. The minimum Gasteiger partial charge on any atom is -0.338 e. The predicted molar refractivity (Wildman–Crippen MR) is 104 cm³/mol. The summed E-state index contributed by atoms with van der Waals surface area (Å²) >= 11 is 0. The lowest BCUT2D eigenvalue weighted by molar-refractivity contribution is -0.128. The molecular formula is C21H21N5O2. The molecule has 1 atom stereocenters. The molecule has 1 saturated heterocycles.